The van der Waals surface area contributed by atoms with Crippen molar-refractivity contribution < 1.29 is 23.8 Å². The number of benzene rings is 2. The largest absolute Gasteiger partial charge is 0.454 e. The first kappa shape index (κ1) is 16.2. The Morgan fingerprint density at radius 2 is 1.89 bits per heavy atom. The molecule has 1 fully saturated rings. The summed E-state index contributed by atoms with van der Waals surface area (Å²) in [6, 6.07) is 11.2. The van der Waals surface area contributed by atoms with Crippen molar-refractivity contribution in [3.05, 3.63) is 47.5 Å². The van der Waals surface area contributed by atoms with Crippen molar-refractivity contribution >= 4 is 17.6 Å². The summed E-state index contributed by atoms with van der Waals surface area (Å²) in [6.07, 6.45) is 3.49. The first-order valence-corrected chi connectivity index (χ1v) is 9.21. The third-order valence-corrected chi connectivity index (χ3v) is 5.41. The lowest BCUT2D eigenvalue weighted by molar-refractivity contribution is -0.139. The van der Waals surface area contributed by atoms with Gasteiger partial charge in [-0.3, -0.25) is 9.59 Å². The van der Waals surface area contributed by atoms with Gasteiger partial charge in [0, 0.05) is 24.7 Å². The highest BCUT2D eigenvalue weighted by atomic mass is 16.7. The molecule has 0 N–H and O–H groups in total. The molecule has 2 aromatic rings. The van der Waals surface area contributed by atoms with E-state index in [9.17, 15) is 9.59 Å². The highest BCUT2D eigenvalue weighted by Gasteiger charge is 2.37. The quantitative estimate of drug-likeness (QED) is 0.618. The van der Waals surface area contributed by atoms with E-state index in [2.05, 4.69) is 12.1 Å². The molecule has 0 spiro atoms. The molecule has 6 nitrogen and oxygen atoms in total. The average molecular weight is 365 g/mol. The maximum absolute atomic E-state index is 12.6. The zero-order chi connectivity index (χ0) is 18.4. The number of fused-ring (bicyclic) bond motifs is 2. The maximum atomic E-state index is 12.6. The Kier molecular flexibility index (Phi) is 3.77. The molecule has 2 aromatic carbocycles. The van der Waals surface area contributed by atoms with Crippen LogP contribution < -0.4 is 19.1 Å². The van der Waals surface area contributed by atoms with Crippen LogP contribution in [0.5, 0.6) is 17.2 Å². The van der Waals surface area contributed by atoms with Gasteiger partial charge in [-0.25, -0.2) is 0 Å². The zero-order valence-corrected chi connectivity index (χ0v) is 14.8. The molecule has 2 aliphatic heterocycles. The van der Waals surface area contributed by atoms with Gasteiger partial charge in [-0.2, -0.15) is 0 Å². The monoisotopic (exact) mass is 365 g/mol. The van der Waals surface area contributed by atoms with Gasteiger partial charge < -0.3 is 19.1 Å². The lowest BCUT2D eigenvalue weighted by Crippen LogP contribution is -2.27. The Morgan fingerprint density at radius 3 is 2.81 bits per heavy atom. The van der Waals surface area contributed by atoms with Crippen LogP contribution in [0.1, 0.15) is 24.0 Å². The van der Waals surface area contributed by atoms with Crippen LogP contribution in [0.2, 0.25) is 0 Å². The molecule has 0 saturated carbocycles. The zero-order valence-electron chi connectivity index (χ0n) is 14.8. The first-order chi connectivity index (χ1) is 13.2. The lowest BCUT2D eigenvalue weighted by atomic mass is 10.1. The highest BCUT2D eigenvalue weighted by molar-refractivity contribution is 5.99. The molecule has 1 amide bonds. The molecular formula is C21H19NO5. The second-order valence-electron chi connectivity index (χ2n) is 7.15. The number of hydrogen-bond acceptors (Lipinski definition) is 5. The van der Waals surface area contributed by atoms with Crippen LogP contribution >= 0.6 is 0 Å². The lowest BCUT2D eigenvalue weighted by Gasteiger charge is -2.17. The number of esters is 1. The van der Waals surface area contributed by atoms with Crippen molar-refractivity contribution in [1.82, 2.24) is 0 Å². The molecule has 0 bridgehead atoms. The van der Waals surface area contributed by atoms with E-state index in [1.54, 1.807) is 23.1 Å². The fraction of sp³-hybridized carbons (Fsp3) is 0.333. The highest BCUT2D eigenvalue weighted by Crippen LogP contribution is 2.36. The molecule has 1 aliphatic carbocycles. The maximum Gasteiger partial charge on any atom is 0.316 e. The molecule has 1 unspecified atom stereocenters. The normalized spacial score (nSPS) is 20.1. The predicted molar refractivity (Wildman–Crippen MR) is 97.1 cm³/mol. The SMILES string of the molecule is O=C(Oc1ccc2c(c1)OCO2)C1CC(=O)N(c2ccc3c(c2)CCC3)C1. The van der Waals surface area contributed by atoms with Gasteiger partial charge in [0.2, 0.25) is 12.7 Å². The Bertz CT molecular complexity index is 938. The number of rotatable bonds is 3. The minimum absolute atomic E-state index is 0.0411. The van der Waals surface area contributed by atoms with Crippen molar-refractivity contribution in [3.8, 4) is 17.2 Å². The summed E-state index contributed by atoms with van der Waals surface area (Å²) in [4.78, 5) is 26.7. The molecule has 1 atom stereocenters. The third kappa shape index (κ3) is 2.91. The van der Waals surface area contributed by atoms with E-state index in [1.165, 1.54) is 11.1 Å². The molecule has 3 aliphatic rings. The second-order valence-corrected chi connectivity index (χ2v) is 7.15. The van der Waals surface area contributed by atoms with Crippen molar-refractivity contribution in [2.24, 2.45) is 5.92 Å². The topological polar surface area (TPSA) is 65.1 Å². The summed E-state index contributed by atoms with van der Waals surface area (Å²) in [7, 11) is 0. The number of anilines is 1. The van der Waals surface area contributed by atoms with Crippen molar-refractivity contribution in [1.29, 1.82) is 0 Å². The molecular weight excluding hydrogens is 346 g/mol. The van der Waals surface area contributed by atoms with E-state index in [0.717, 1.165) is 24.9 Å². The van der Waals surface area contributed by atoms with E-state index in [4.69, 9.17) is 14.2 Å². The van der Waals surface area contributed by atoms with Crippen molar-refractivity contribution in [3.63, 3.8) is 0 Å². The predicted octanol–water partition coefficient (Wildman–Crippen LogP) is 2.86. The van der Waals surface area contributed by atoms with E-state index in [0.29, 0.717) is 23.8 Å². The van der Waals surface area contributed by atoms with Gasteiger partial charge >= 0.3 is 5.97 Å². The molecule has 0 radical (unpaired) electrons. The number of carbonyl (C=O) groups is 2. The summed E-state index contributed by atoms with van der Waals surface area (Å²) in [5, 5.41) is 0. The third-order valence-electron chi connectivity index (χ3n) is 5.41. The van der Waals surface area contributed by atoms with E-state index < -0.39 is 11.9 Å². The summed E-state index contributed by atoms with van der Waals surface area (Å²) in [5.41, 5.74) is 3.55. The van der Waals surface area contributed by atoms with Crippen LogP contribution in [-0.2, 0) is 22.4 Å². The smallest absolute Gasteiger partial charge is 0.316 e. The van der Waals surface area contributed by atoms with Gasteiger partial charge in [0.05, 0.1) is 5.92 Å². The van der Waals surface area contributed by atoms with Gasteiger partial charge in [-0.05, 0) is 54.7 Å². The molecule has 138 valence electrons. The number of nitrogens with zero attached hydrogens (tertiary/aromatic N) is 1. The minimum Gasteiger partial charge on any atom is -0.454 e. The summed E-state index contributed by atoms with van der Waals surface area (Å²) < 4.78 is 16.0. The van der Waals surface area contributed by atoms with Gasteiger partial charge in [-0.15, -0.1) is 0 Å². The number of hydrogen-bond donors (Lipinski definition) is 0. The van der Waals surface area contributed by atoms with Crippen LogP contribution in [-0.4, -0.2) is 25.2 Å². The van der Waals surface area contributed by atoms with Crippen LogP contribution in [0, 0.1) is 5.92 Å². The van der Waals surface area contributed by atoms with Gasteiger partial charge in [-0.1, -0.05) is 6.07 Å². The Morgan fingerprint density at radius 1 is 1.04 bits per heavy atom. The Balaban J connectivity index is 1.29. The minimum atomic E-state index is -0.476. The summed E-state index contributed by atoms with van der Waals surface area (Å²) >= 11 is 0. The first-order valence-electron chi connectivity index (χ1n) is 9.21. The van der Waals surface area contributed by atoms with Crippen molar-refractivity contribution in [2.75, 3.05) is 18.2 Å². The van der Waals surface area contributed by atoms with Gasteiger partial charge in [0.15, 0.2) is 11.5 Å². The van der Waals surface area contributed by atoms with E-state index in [1.807, 2.05) is 6.07 Å². The van der Waals surface area contributed by atoms with Crippen LogP contribution in [0.4, 0.5) is 5.69 Å². The van der Waals surface area contributed by atoms with Crippen LogP contribution in [0.15, 0.2) is 36.4 Å². The van der Waals surface area contributed by atoms with Crippen LogP contribution in [0.25, 0.3) is 0 Å². The number of carbonyl (C=O) groups excluding carboxylic acids is 2. The standard InChI is InChI=1S/C21H19NO5/c23-20-9-15(11-22(20)16-5-4-13-2-1-3-14(13)8-16)21(24)27-17-6-7-18-19(10-17)26-12-25-18/h4-8,10,15H,1-3,9,11-12H2. The van der Waals surface area contributed by atoms with Gasteiger partial charge in [0.25, 0.3) is 0 Å². The molecule has 27 heavy (non-hydrogen) atoms. The number of ether oxygens (including phenoxy) is 3. The fourth-order valence-electron chi connectivity index (χ4n) is 3.98. The summed E-state index contributed by atoms with van der Waals surface area (Å²) in [5.74, 6) is 0.673. The van der Waals surface area contributed by atoms with Crippen molar-refractivity contribution in [2.45, 2.75) is 25.7 Å². The second kappa shape index (κ2) is 6.30. The molecule has 2 heterocycles. The van der Waals surface area contributed by atoms with Crippen LogP contribution in [0.3, 0.4) is 0 Å². The number of amides is 1. The molecule has 0 aromatic heterocycles. The average Bonchev–Trinajstić information content (AvgIpc) is 3.39. The Labute approximate surface area is 156 Å². The summed E-state index contributed by atoms with van der Waals surface area (Å²) in [6.45, 7) is 0.514. The molecule has 6 heteroatoms. The molecule has 5 rings (SSSR count). The Hall–Kier alpha value is -3.02. The molecule has 1 saturated heterocycles. The van der Waals surface area contributed by atoms with E-state index in [-0.39, 0.29) is 19.1 Å². The van der Waals surface area contributed by atoms with E-state index >= 15 is 0 Å². The number of aryl methyl sites for hydroxylation is 2. The van der Waals surface area contributed by atoms with Gasteiger partial charge in [0.1, 0.15) is 5.75 Å². The fourth-order valence-corrected chi connectivity index (χ4v) is 3.98.